The molecule has 0 spiro atoms. The number of nitrogens with zero attached hydrogens (tertiary/aromatic N) is 3. The molecule has 1 saturated carbocycles. The van der Waals surface area contributed by atoms with Gasteiger partial charge in [0, 0.05) is 24.9 Å². The second-order valence-electron chi connectivity index (χ2n) is 5.90. The van der Waals surface area contributed by atoms with E-state index in [0.717, 1.165) is 47.3 Å². The first-order valence-corrected chi connectivity index (χ1v) is 8.31. The highest BCUT2D eigenvalue weighted by Gasteiger charge is 2.26. The lowest BCUT2D eigenvalue weighted by atomic mass is 9.81. The maximum absolute atomic E-state index is 10.6. The van der Waals surface area contributed by atoms with Crippen molar-refractivity contribution in [2.45, 2.75) is 38.5 Å². The summed E-state index contributed by atoms with van der Waals surface area (Å²) in [4.78, 5) is 19.6. The first-order valence-electron chi connectivity index (χ1n) is 7.52. The third-order valence-electron chi connectivity index (χ3n) is 4.48. The Morgan fingerprint density at radius 2 is 2.18 bits per heavy atom. The van der Waals surface area contributed by atoms with Crippen LogP contribution in [0.3, 0.4) is 0 Å². The summed E-state index contributed by atoms with van der Waals surface area (Å²) < 4.78 is 2.98. The van der Waals surface area contributed by atoms with E-state index >= 15 is 0 Å². The normalized spacial score (nSPS) is 21.9. The molecular formula is C15H19BrN4O2. The topological polar surface area (TPSA) is 79.5 Å². The van der Waals surface area contributed by atoms with Gasteiger partial charge in [-0.2, -0.15) is 0 Å². The summed E-state index contributed by atoms with van der Waals surface area (Å²) in [6.45, 7) is 2.54. The number of aromatic nitrogens is 3. The van der Waals surface area contributed by atoms with Gasteiger partial charge in [-0.1, -0.05) is 0 Å². The maximum atomic E-state index is 10.6. The van der Waals surface area contributed by atoms with Crippen molar-refractivity contribution < 1.29 is 9.90 Å². The Bertz CT molecular complexity index is 692. The highest BCUT2D eigenvalue weighted by atomic mass is 79.9. The zero-order chi connectivity index (χ0) is 15.7. The second kappa shape index (κ2) is 6.24. The number of carboxylic acid groups (broad SMARTS) is 1. The van der Waals surface area contributed by atoms with Crippen LogP contribution in [-0.4, -0.2) is 32.1 Å². The molecule has 1 amide bonds. The Hall–Kier alpha value is -1.63. The summed E-state index contributed by atoms with van der Waals surface area (Å²) >= 11 is 3.54. The largest absolute Gasteiger partial charge is 0.465 e. The fraction of sp³-hybridized carbons (Fsp3) is 0.533. The lowest BCUT2D eigenvalue weighted by Crippen LogP contribution is -2.30. The van der Waals surface area contributed by atoms with Gasteiger partial charge in [0.25, 0.3) is 0 Å². The predicted molar refractivity (Wildman–Crippen MR) is 86.2 cm³/mol. The molecule has 0 atom stereocenters. The molecule has 0 saturated heterocycles. The van der Waals surface area contributed by atoms with Crippen molar-refractivity contribution in [3.8, 4) is 0 Å². The lowest BCUT2D eigenvalue weighted by Gasteiger charge is -2.27. The van der Waals surface area contributed by atoms with E-state index in [2.05, 4.69) is 30.6 Å². The molecule has 0 radical (unpaired) electrons. The smallest absolute Gasteiger partial charge is 0.404 e. The molecule has 7 heteroatoms. The van der Waals surface area contributed by atoms with Crippen molar-refractivity contribution in [1.29, 1.82) is 0 Å². The summed E-state index contributed by atoms with van der Waals surface area (Å²) in [6, 6.07) is 0. The molecule has 2 N–H and O–H groups in total. The van der Waals surface area contributed by atoms with E-state index in [1.807, 2.05) is 19.3 Å². The summed E-state index contributed by atoms with van der Waals surface area (Å²) in [5.74, 6) is 1.93. The molecule has 0 unspecified atom stereocenters. The van der Waals surface area contributed by atoms with E-state index in [1.54, 1.807) is 0 Å². The molecule has 2 heterocycles. The van der Waals surface area contributed by atoms with Gasteiger partial charge in [0.2, 0.25) is 0 Å². The SMILES string of the molecule is Cc1nccn2c(C3CCC(CNC(=O)O)CC3)nc(Br)c12. The zero-order valence-corrected chi connectivity index (χ0v) is 14.0. The number of hydrogen-bond donors (Lipinski definition) is 2. The summed E-state index contributed by atoms with van der Waals surface area (Å²) in [5, 5.41) is 11.2. The van der Waals surface area contributed by atoms with E-state index in [4.69, 9.17) is 10.1 Å². The fourth-order valence-electron chi connectivity index (χ4n) is 3.31. The van der Waals surface area contributed by atoms with Crippen LogP contribution in [0, 0.1) is 12.8 Å². The number of halogens is 1. The van der Waals surface area contributed by atoms with Crippen LogP contribution in [0.25, 0.3) is 5.52 Å². The number of hydrogen-bond acceptors (Lipinski definition) is 3. The second-order valence-corrected chi connectivity index (χ2v) is 6.65. The van der Waals surface area contributed by atoms with Gasteiger partial charge in [-0.15, -0.1) is 0 Å². The predicted octanol–water partition coefficient (Wildman–Crippen LogP) is 3.34. The van der Waals surface area contributed by atoms with Crippen LogP contribution in [0.2, 0.25) is 0 Å². The number of fused-ring (bicyclic) bond motifs is 1. The van der Waals surface area contributed by atoms with Gasteiger partial charge in [-0.05, 0) is 54.5 Å². The maximum Gasteiger partial charge on any atom is 0.404 e. The van der Waals surface area contributed by atoms with Crippen molar-refractivity contribution in [3.05, 3.63) is 28.5 Å². The number of aryl methyl sites for hydroxylation is 1. The molecule has 6 nitrogen and oxygen atoms in total. The van der Waals surface area contributed by atoms with Crippen LogP contribution in [0.1, 0.15) is 43.1 Å². The van der Waals surface area contributed by atoms with Crippen LogP contribution >= 0.6 is 15.9 Å². The Kier molecular flexibility index (Phi) is 4.33. The van der Waals surface area contributed by atoms with Crippen molar-refractivity contribution in [1.82, 2.24) is 19.7 Å². The number of amides is 1. The summed E-state index contributed by atoms with van der Waals surface area (Å²) in [6.07, 6.45) is 6.98. The Labute approximate surface area is 137 Å². The molecule has 1 aliphatic rings. The minimum Gasteiger partial charge on any atom is -0.465 e. The van der Waals surface area contributed by atoms with Crippen LogP contribution in [-0.2, 0) is 0 Å². The Morgan fingerprint density at radius 3 is 2.86 bits per heavy atom. The summed E-state index contributed by atoms with van der Waals surface area (Å²) in [7, 11) is 0. The first-order chi connectivity index (χ1) is 10.6. The van der Waals surface area contributed by atoms with E-state index in [1.165, 1.54) is 0 Å². The monoisotopic (exact) mass is 366 g/mol. The third-order valence-corrected chi connectivity index (χ3v) is 5.03. The van der Waals surface area contributed by atoms with Gasteiger partial charge in [0.15, 0.2) is 0 Å². The Balaban J connectivity index is 1.74. The van der Waals surface area contributed by atoms with Crippen molar-refractivity contribution in [2.24, 2.45) is 5.92 Å². The average Bonchev–Trinajstić information content (AvgIpc) is 2.84. The highest BCUT2D eigenvalue weighted by Crippen LogP contribution is 2.36. The molecule has 0 aliphatic heterocycles. The van der Waals surface area contributed by atoms with E-state index in [0.29, 0.717) is 18.4 Å². The minimum atomic E-state index is -0.937. The number of nitrogens with one attached hydrogen (secondary N) is 1. The average molecular weight is 367 g/mol. The van der Waals surface area contributed by atoms with Crippen LogP contribution in [0.15, 0.2) is 17.0 Å². The number of carbonyl (C=O) groups is 1. The summed E-state index contributed by atoms with van der Waals surface area (Å²) in [5.41, 5.74) is 2.00. The Morgan fingerprint density at radius 1 is 1.45 bits per heavy atom. The van der Waals surface area contributed by atoms with Gasteiger partial charge < -0.3 is 10.4 Å². The minimum absolute atomic E-state index is 0.418. The van der Waals surface area contributed by atoms with E-state index < -0.39 is 6.09 Å². The van der Waals surface area contributed by atoms with Gasteiger partial charge in [0.05, 0.1) is 5.69 Å². The van der Waals surface area contributed by atoms with Crippen molar-refractivity contribution in [2.75, 3.05) is 6.54 Å². The number of imidazole rings is 1. The van der Waals surface area contributed by atoms with Gasteiger partial charge in [-0.25, -0.2) is 9.78 Å². The molecule has 0 aromatic carbocycles. The standard InChI is InChI=1S/C15H19BrN4O2/c1-9-12-13(16)19-14(20(12)7-6-17-9)11-4-2-10(3-5-11)8-18-15(21)22/h6-7,10-11,18H,2-5,8H2,1H3,(H,21,22). The fourth-order valence-corrected chi connectivity index (χ4v) is 3.97. The molecule has 118 valence electrons. The molecule has 0 bridgehead atoms. The van der Waals surface area contributed by atoms with Crippen LogP contribution in [0.4, 0.5) is 4.79 Å². The third kappa shape index (κ3) is 2.95. The van der Waals surface area contributed by atoms with Gasteiger partial charge in [-0.3, -0.25) is 9.38 Å². The van der Waals surface area contributed by atoms with E-state index in [-0.39, 0.29) is 0 Å². The highest BCUT2D eigenvalue weighted by molar-refractivity contribution is 9.10. The van der Waals surface area contributed by atoms with Crippen molar-refractivity contribution in [3.63, 3.8) is 0 Å². The molecule has 2 aromatic heterocycles. The molecular weight excluding hydrogens is 348 g/mol. The molecule has 1 fully saturated rings. The van der Waals surface area contributed by atoms with Gasteiger partial charge in [0.1, 0.15) is 15.9 Å². The van der Waals surface area contributed by atoms with Crippen LogP contribution < -0.4 is 5.32 Å². The van der Waals surface area contributed by atoms with Crippen molar-refractivity contribution >= 4 is 27.5 Å². The first kappa shape index (κ1) is 15.3. The number of rotatable bonds is 3. The molecule has 1 aliphatic carbocycles. The quantitative estimate of drug-likeness (QED) is 0.872. The molecule has 22 heavy (non-hydrogen) atoms. The van der Waals surface area contributed by atoms with Crippen LogP contribution in [0.5, 0.6) is 0 Å². The molecule has 3 rings (SSSR count). The van der Waals surface area contributed by atoms with Gasteiger partial charge >= 0.3 is 6.09 Å². The lowest BCUT2D eigenvalue weighted by molar-refractivity contribution is 0.189. The zero-order valence-electron chi connectivity index (χ0n) is 12.4. The van der Waals surface area contributed by atoms with E-state index in [9.17, 15) is 4.79 Å². The molecule has 2 aromatic rings.